The van der Waals surface area contributed by atoms with E-state index in [0.717, 1.165) is 6.54 Å². The number of nitrogens with one attached hydrogen (secondary N) is 1. The third kappa shape index (κ3) is 7.58. The molecule has 1 aliphatic rings. The highest BCUT2D eigenvalue weighted by atomic mass is 15.3. The zero-order valence-electron chi connectivity index (χ0n) is 14.2. The van der Waals surface area contributed by atoms with Gasteiger partial charge in [-0.15, -0.1) is 0 Å². The summed E-state index contributed by atoms with van der Waals surface area (Å²) in [6, 6.07) is 0.688. The summed E-state index contributed by atoms with van der Waals surface area (Å²) in [5.74, 6) is 0. The van der Waals surface area contributed by atoms with E-state index < -0.39 is 0 Å². The van der Waals surface area contributed by atoms with Crippen molar-refractivity contribution in [2.24, 2.45) is 0 Å². The summed E-state index contributed by atoms with van der Waals surface area (Å²) in [7, 11) is 4.32. The SMILES string of the molecule is CCCNC(CCC)CN1CCN(CCN(C)C)CC1. The van der Waals surface area contributed by atoms with Gasteiger partial charge in [0.25, 0.3) is 0 Å². The minimum absolute atomic E-state index is 0.688. The van der Waals surface area contributed by atoms with Crippen LogP contribution in [-0.4, -0.2) is 87.2 Å². The molecule has 1 rings (SSSR count). The minimum Gasteiger partial charge on any atom is -0.313 e. The van der Waals surface area contributed by atoms with E-state index in [1.165, 1.54) is 65.1 Å². The molecule has 20 heavy (non-hydrogen) atoms. The molecular formula is C16H36N4. The Morgan fingerprint density at radius 1 is 1.00 bits per heavy atom. The lowest BCUT2D eigenvalue weighted by Gasteiger charge is -2.37. The third-order valence-corrected chi connectivity index (χ3v) is 4.13. The van der Waals surface area contributed by atoms with Crippen LogP contribution in [0.5, 0.6) is 0 Å². The zero-order valence-corrected chi connectivity index (χ0v) is 14.2. The van der Waals surface area contributed by atoms with Gasteiger partial charge in [-0.2, -0.15) is 0 Å². The molecule has 0 bridgehead atoms. The molecule has 0 radical (unpaired) electrons. The normalized spacial score (nSPS) is 19.6. The molecule has 1 fully saturated rings. The van der Waals surface area contributed by atoms with Gasteiger partial charge in [-0.05, 0) is 33.5 Å². The van der Waals surface area contributed by atoms with Gasteiger partial charge in [0.2, 0.25) is 0 Å². The van der Waals surface area contributed by atoms with Crippen LogP contribution in [-0.2, 0) is 0 Å². The maximum atomic E-state index is 3.71. The predicted molar refractivity (Wildman–Crippen MR) is 88.4 cm³/mol. The minimum atomic E-state index is 0.688. The van der Waals surface area contributed by atoms with Crippen LogP contribution in [0.15, 0.2) is 0 Å². The van der Waals surface area contributed by atoms with E-state index in [9.17, 15) is 0 Å². The second kappa shape index (κ2) is 10.6. The summed E-state index contributed by atoms with van der Waals surface area (Å²) >= 11 is 0. The van der Waals surface area contributed by atoms with Gasteiger partial charge in [0.05, 0.1) is 0 Å². The Balaban J connectivity index is 2.22. The van der Waals surface area contributed by atoms with Gasteiger partial charge in [0.15, 0.2) is 0 Å². The van der Waals surface area contributed by atoms with Crippen molar-refractivity contribution in [1.82, 2.24) is 20.0 Å². The van der Waals surface area contributed by atoms with E-state index in [0.29, 0.717) is 6.04 Å². The first-order chi connectivity index (χ1) is 9.65. The van der Waals surface area contributed by atoms with E-state index in [-0.39, 0.29) is 0 Å². The van der Waals surface area contributed by atoms with Crippen LogP contribution in [0, 0.1) is 0 Å². The molecule has 0 aromatic rings. The summed E-state index contributed by atoms with van der Waals surface area (Å²) in [4.78, 5) is 7.53. The van der Waals surface area contributed by atoms with Crippen molar-refractivity contribution >= 4 is 0 Å². The van der Waals surface area contributed by atoms with E-state index in [1.807, 2.05) is 0 Å². The van der Waals surface area contributed by atoms with E-state index in [2.05, 4.69) is 48.0 Å². The monoisotopic (exact) mass is 284 g/mol. The molecule has 120 valence electrons. The average Bonchev–Trinajstić information content (AvgIpc) is 2.44. The van der Waals surface area contributed by atoms with Crippen LogP contribution >= 0.6 is 0 Å². The van der Waals surface area contributed by atoms with Gasteiger partial charge >= 0.3 is 0 Å². The van der Waals surface area contributed by atoms with Crippen molar-refractivity contribution in [3.63, 3.8) is 0 Å². The van der Waals surface area contributed by atoms with E-state index in [4.69, 9.17) is 0 Å². The number of likely N-dealkylation sites (N-methyl/N-ethyl adjacent to an activating group) is 1. The Morgan fingerprint density at radius 2 is 1.65 bits per heavy atom. The molecule has 0 amide bonds. The molecule has 4 nitrogen and oxygen atoms in total. The molecule has 0 aliphatic carbocycles. The number of piperazine rings is 1. The summed E-state index contributed by atoms with van der Waals surface area (Å²) < 4.78 is 0. The van der Waals surface area contributed by atoms with Gasteiger partial charge in [-0.25, -0.2) is 0 Å². The van der Waals surface area contributed by atoms with E-state index >= 15 is 0 Å². The molecule has 0 aromatic heterocycles. The lowest BCUT2D eigenvalue weighted by atomic mass is 10.1. The summed E-state index contributed by atoms with van der Waals surface area (Å²) in [5, 5.41) is 3.71. The number of hydrogen-bond acceptors (Lipinski definition) is 4. The van der Waals surface area contributed by atoms with Gasteiger partial charge in [-0.3, -0.25) is 9.80 Å². The first-order valence-corrected chi connectivity index (χ1v) is 8.48. The van der Waals surface area contributed by atoms with Crippen molar-refractivity contribution in [2.75, 3.05) is 66.5 Å². The Hall–Kier alpha value is -0.160. The first-order valence-electron chi connectivity index (χ1n) is 8.48. The van der Waals surface area contributed by atoms with E-state index in [1.54, 1.807) is 0 Å². The standard InChI is InChI=1S/C16H36N4/c1-5-7-16(17-8-6-2)15-20-13-11-19(12-14-20)10-9-18(3)4/h16-17H,5-15H2,1-4H3. The molecule has 1 N–H and O–H groups in total. The third-order valence-electron chi connectivity index (χ3n) is 4.13. The summed E-state index contributed by atoms with van der Waals surface area (Å²) in [6.45, 7) is 14.3. The van der Waals surface area contributed by atoms with Crippen LogP contribution in [0.4, 0.5) is 0 Å². The highest BCUT2D eigenvalue weighted by Gasteiger charge is 2.19. The van der Waals surface area contributed by atoms with Crippen LogP contribution in [0.2, 0.25) is 0 Å². The molecule has 4 heteroatoms. The number of rotatable bonds is 10. The van der Waals surface area contributed by atoms with Gasteiger partial charge in [0, 0.05) is 51.9 Å². The Kier molecular flexibility index (Phi) is 9.44. The van der Waals surface area contributed by atoms with Crippen LogP contribution in [0.3, 0.4) is 0 Å². The fourth-order valence-corrected chi connectivity index (χ4v) is 2.80. The second-order valence-electron chi connectivity index (χ2n) is 6.39. The number of hydrogen-bond donors (Lipinski definition) is 1. The lowest BCUT2D eigenvalue weighted by Crippen LogP contribution is -2.51. The first kappa shape index (κ1) is 17.9. The molecular weight excluding hydrogens is 248 g/mol. The quantitative estimate of drug-likeness (QED) is 0.653. The Labute approximate surface area is 126 Å². The largest absolute Gasteiger partial charge is 0.313 e. The zero-order chi connectivity index (χ0) is 14.8. The highest BCUT2D eigenvalue weighted by molar-refractivity contribution is 4.77. The summed E-state index contributed by atoms with van der Waals surface area (Å²) in [6.07, 6.45) is 3.82. The van der Waals surface area contributed by atoms with Crippen molar-refractivity contribution in [3.05, 3.63) is 0 Å². The van der Waals surface area contributed by atoms with Crippen molar-refractivity contribution in [3.8, 4) is 0 Å². The smallest absolute Gasteiger partial charge is 0.0194 e. The van der Waals surface area contributed by atoms with Crippen molar-refractivity contribution in [1.29, 1.82) is 0 Å². The molecule has 1 atom stereocenters. The molecule has 1 heterocycles. The number of nitrogens with zero attached hydrogens (tertiary/aromatic N) is 3. The summed E-state index contributed by atoms with van der Waals surface area (Å²) in [5.41, 5.74) is 0. The van der Waals surface area contributed by atoms with Crippen LogP contribution in [0.25, 0.3) is 0 Å². The van der Waals surface area contributed by atoms with Crippen LogP contribution in [0.1, 0.15) is 33.1 Å². The van der Waals surface area contributed by atoms with Gasteiger partial charge < -0.3 is 10.2 Å². The van der Waals surface area contributed by atoms with Gasteiger partial charge in [0.1, 0.15) is 0 Å². The van der Waals surface area contributed by atoms with Crippen molar-refractivity contribution < 1.29 is 0 Å². The fourth-order valence-electron chi connectivity index (χ4n) is 2.80. The maximum absolute atomic E-state index is 3.71. The second-order valence-corrected chi connectivity index (χ2v) is 6.39. The predicted octanol–water partition coefficient (Wildman–Crippen LogP) is 1.33. The van der Waals surface area contributed by atoms with Crippen molar-refractivity contribution in [2.45, 2.75) is 39.2 Å². The molecule has 0 aromatic carbocycles. The molecule has 0 spiro atoms. The average molecular weight is 284 g/mol. The maximum Gasteiger partial charge on any atom is 0.0194 e. The van der Waals surface area contributed by atoms with Gasteiger partial charge in [-0.1, -0.05) is 20.3 Å². The fraction of sp³-hybridized carbons (Fsp3) is 1.00. The molecule has 1 saturated heterocycles. The molecule has 1 aliphatic heterocycles. The highest BCUT2D eigenvalue weighted by Crippen LogP contribution is 2.06. The Bertz CT molecular complexity index is 225. The lowest BCUT2D eigenvalue weighted by molar-refractivity contribution is 0.115. The molecule has 0 saturated carbocycles. The van der Waals surface area contributed by atoms with Crippen LogP contribution < -0.4 is 5.32 Å². The Morgan fingerprint density at radius 3 is 2.20 bits per heavy atom. The topological polar surface area (TPSA) is 21.8 Å². The molecule has 1 unspecified atom stereocenters.